The molecule has 8 heteroatoms. The van der Waals surface area contributed by atoms with Crippen LogP contribution in [0.3, 0.4) is 0 Å². The first-order valence-electron chi connectivity index (χ1n) is 9.26. The van der Waals surface area contributed by atoms with Gasteiger partial charge in [0.1, 0.15) is 16.5 Å². The van der Waals surface area contributed by atoms with Crippen LogP contribution in [-0.2, 0) is 11.3 Å². The molecule has 0 bridgehead atoms. The van der Waals surface area contributed by atoms with Crippen LogP contribution in [-0.4, -0.2) is 30.8 Å². The number of aromatic amines is 1. The maximum Gasteiger partial charge on any atom is 0.342 e. The fourth-order valence-corrected chi connectivity index (χ4v) is 4.08. The van der Waals surface area contributed by atoms with E-state index in [1.54, 1.807) is 25.1 Å². The number of nitrogens with zero attached hydrogens (tertiary/aromatic N) is 3. The van der Waals surface area contributed by atoms with Gasteiger partial charge in [-0.25, -0.2) is 14.2 Å². The molecule has 0 aliphatic carbocycles. The van der Waals surface area contributed by atoms with Crippen molar-refractivity contribution in [1.29, 1.82) is 0 Å². The third kappa shape index (κ3) is 3.99. The highest BCUT2D eigenvalue weighted by Gasteiger charge is 2.18. The van der Waals surface area contributed by atoms with Crippen molar-refractivity contribution in [2.45, 2.75) is 25.5 Å². The number of hydrogen-bond donors (Lipinski definition) is 2. The molecule has 30 heavy (non-hydrogen) atoms. The Bertz CT molecular complexity index is 1260. The summed E-state index contributed by atoms with van der Waals surface area (Å²) in [7, 11) is 0. The predicted molar refractivity (Wildman–Crippen MR) is 115 cm³/mol. The molecule has 0 saturated carbocycles. The van der Waals surface area contributed by atoms with Gasteiger partial charge in [0.2, 0.25) is 5.16 Å². The summed E-state index contributed by atoms with van der Waals surface area (Å²) in [6.07, 6.45) is 1.66. The standard InChI is InChI=1S/C22H19FN4O2S/c1-13-18(11-20(21(28)29)30-22-24-14(2)25-26-22)17-5-3-4-6-19(17)27(13)12-15-7-9-16(23)10-8-15/h3-11H,12H2,1-2H3,(H,28,29)(H,24,25,26)/b20-11-. The number of nitrogens with one attached hydrogen (secondary N) is 1. The topological polar surface area (TPSA) is 83.8 Å². The number of carbonyl (C=O) groups is 1. The molecular formula is C22H19FN4O2S. The summed E-state index contributed by atoms with van der Waals surface area (Å²) in [6.45, 7) is 4.26. The van der Waals surface area contributed by atoms with E-state index in [9.17, 15) is 14.3 Å². The van der Waals surface area contributed by atoms with Gasteiger partial charge in [0.15, 0.2) is 0 Å². The number of carboxylic acid groups (broad SMARTS) is 1. The average molecular weight is 422 g/mol. The Labute approximate surface area is 176 Å². The monoisotopic (exact) mass is 422 g/mol. The summed E-state index contributed by atoms with van der Waals surface area (Å²) in [5.41, 5.74) is 3.68. The van der Waals surface area contributed by atoms with Gasteiger partial charge >= 0.3 is 5.97 Å². The van der Waals surface area contributed by atoms with Crippen LogP contribution < -0.4 is 0 Å². The molecule has 2 aromatic heterocycles. The van der Waals surface area contributed by atoms with Crippen molar-refractivity contribution in [3.05, 3.63) is 81.9 Å². The smallest absolute Gasteiger partial charge is 0.342 e. The van der Waals surface area contributed by atoms with Crippen LogP contribution >= 0.6 is 11.8 Å². The molecule has 4 aromatic rings. The molecule has 6 nitrogen and oxygen atoms in total. The van der Waals surface area contributed by atoms with E-state index in [2.05, 4.69) is 19.7 Å². The highest BCUT2D eigenvalue weighted by Crippen LogP contribution is 2.32. The van der Waals surface area contributed by atoms with Crippen molar-refractivity contribution in [3.8, 4) is 0 Å². The minimum atomic E-state index is -1.04. The van der Waals surface area contributed by atoms with Gasteiger partial charge < -0.3 is 9.67 Å². The molecule has 0 amide bonds. The molecular weight excluding hydrogens is 403 g/mol. The highest BCUT2D eigenvalue weighted by atomic mass is 32.2. The number of hydrogen-bond acceptors (Lipinski definition) is 4. The molecule has 2 N–H and O–H groups in total. The van der Waals surface area contributed by atoms with E-state index in [1.165, 1.54) is 12.1 Å². The number of H-pyrrole nitrogens is 1. The lowest BCUT2D eigenvalue weighted by molar-refractivity contribution is -0.131. The lowest BCUT2D eigenvalue weighted by Crippen LogP contribution is -2.02. The van der Waals surface area contributed by atoms with Crippen molar-refractivity contribution in [1.82, 2.24) is 19.7 Å². The Hall–Kier alpha value is -3.39. The van der Waals surface area contributed by atoms with Crippen LogP contribution in [0.15, 0.2) is 58.6 Å². The number of halogens is 1. The summed E-state index contributed by atoms with van der Waals surface area (Å²) in [6, 6.07) is 14.2. The zero-order valence-corrected chi connectivity index (χ0v) is 17.2. The number of aliphatic carboxylic acids is 1. The summed E-state index contributed by atoms with van der Waals surface area (Å²) in [5, 5.41) is 17.8. The molecule has 0 radical (unpaired) electrons. The lowest BCUT2D eigenvalue weighted by Gasteiger charge is -2.09. The van der Waals surface area contributed by atoms with E-state index in [0.29, 0.717) is 17.5 Å². The number of para-hydroxylation sites is 1. The largest absolute Gasteiger partial charge is 0.477 e. The Morgan fingerprint density at radius 1 is 1.20 bits per heavy atom. The second-order valence-corrected chi connectivity index (χ2v) is 7.86. The average Bonchev–Trinajstić information content (AvgIpc) is 3.25. The van der Waals surface area contributed by atoms with E-state index in [1.807, 2.05) is 31.2 Å². The van der Waals surface area contributed by atoms with Crippen molar-refractivity contribution in [2.24, 2.45) is 0 Å². The van der Waals surface area contributed by atoms with Crippen molar-refractivity contribution in [2.75, 3.05) is 0 Å². The summed E-state index contributed by atoms with van der Waals surface area (Å²) in [5.74, 6) is -0.701. The fraction of sp³-hybridized carbons (Fsp3) is 0.136. The summed E-state index contributed by atoms with van der Waals surface area (Å²) < 4.78 is 15.4. The maximum atomic E-state index is 13.3. The molecule has 0 unspecified atom stereocenters. The van der Waals surface area contributed by atoms with Gasteiger partial charge in [0, 0.05) is 28.7 Å². The minimum Gasteiger partial charge on any atom is -0.477 e. The first-order chi connectivity index (χ1) is 14.4. The highest BCUT2D eigenvalue weighted by molar-refractivity contribution is 8.04. The number of fused-ring (bicyclic) bond motifs is 1. The number of carboxylic acids is 1. The maximum absolute atomic E-state index is 13.3. The number of aromatic nitrogens is 4. The Balaban J connectivity index is 1.79. The zero-order valence-electron chi connectivity index (χ0n) is 16.4. The lowest BCUT2D eigenvalue weighted by atomic mass is 10.1. The van der Waals surface area contributed by atoms with Crippen LogP contribution in [0.1, 0.15) is 22.6 Å². The SMILES string of the molecule is Cc1nc(S/C(=C\c2c(C)n(Cc3ccc(F)cc3)c3ccccc23)C(=O)O)n[nH]1. The summed E-state index contributed by atoms with van der Waals surface area (Å²) in [4.78, 5) is 16.2. The molecule has 2 aromatic carbocycles. The predicted octanol–water partition coefficient (Wildman–Crippen LogP) is 4.78. The molecule has 152 valence electrons. The molecule has 0 saturated heterocycles. The van der Waals surface area contributed by atoms with E-state index in [0.717, 1.165) is 39.5 Å². The van der Waals surface area contributed by atoms with Gasteiger partial charge in [-0.1, -0.05) is 30.3 Å². The first-order valence-corrected chi connectivity index (χ1v) is 10.1. The molecule has 0 aliphatic heterocycles. The molecule has 0 aliphatic rings. The number of aryl methyl sites for hydroxylation is 1. The minimum absolute atomic E-state index is 0.127. The van der Waals surface area contributed by atoms with Crippen LogP contribution in [0.2, 0.25) is 0 Å². The van der Waals surface area contributed by atoms with Gasteiger partial charge in [-0.15, -0.1) is 5.10 Å². The van der Waals surface area contributed by atoms with Gasteiger partial charge in [-0.3, -0.25) is 5.10 Å². The third-order valence-electron chi connectivity index (χ3n) is 4.80. The summed E-state index contributed by atoms with van der Waals surface area (Å²) >= 11 is 1.00. The van der Waals surface area contributed by atoms with Crippen LogP contribution in [0.25, 0.3) is 17.0 Å². The Morgan fingerprint density at radius 3 is 2.60 bits per heavy atom. The van der Waals surface area contributed by atoms with Crippen LogP contribution in [0.5, 0.6) is 0 Å². The van der Waals surface area contributed by atoms with Gasteiger partial charge in [-0.05, 0) is 55.4 Å². The second-order valence-electron chi connectivity index (χ2n) is 6.85. The van der Waals surface area contributed by atoms with Crippen LogP contribution in [0.4, 0.5) is 4.39 Å². The van der Waals surface area contributed by atoms with E-state index >= 15 is 0 Å². The van der Waals surface area contributed by atoms with Gasteiger partial charge in [0.05, 0.1) is 0 Å². The molecule has 2 heterocycles. The van der Waals surface area contributed by atoms with E-state index in [-0.39, 0.29) is 10.7 Å². The molecule has 0 atom stereocenters. The number of rotatable bonds is 6. The molecule has 4 rings (SSSR count). The van der Waals surface area contributed by atoms with Crippen molar-refractivity contribution >= 4 is 34.7 Å². The van der Waals surface area contributed by atoms with E-state index < -0.39 is 5.97 Å². The second kappa shape index (κ2) is 8.16. The first kappa shape index (κ1) is 19.9. The van der Waals surface area contributed by atoms with Crippen LogP contribution in [0, 0.1) is 19.7 Å². The number of thioether (sulfide) groups is 1. The fourth-order valence-electron chi connectivity index (χ4n) is 3.35. The van der Waals surface area contributed by atoms with Crippen molar-refractivity contribution < 1.29 is 14.3 Å². The van der Waals surface area contributed by atoms with Gasteiger partial charge in [0.25, 0.3) is 0 Å². The quantitative estimate of drug-likeness (QED) is 0.345. The third-order valence-corrected chi connectivity index (χ3v) is 5.68. The normalized spacial score (nSPS) is 11.9. The Kier molecular flexibility index (Phi) is 5.41. The molecule has 0 fully saturated rings. The van der Waals surface area contributed by atoms with E-state index in [4.69, 9.17) is 0 Å². The van der Waals surface area contributed by atoms with Gasteiger partial charge in [-0.2, -0.15) is 0 Å². The van der Waals surface area contributed by atoms with Crippen molar-refractivity contribution in [3.63, 3.8) is 0 Å². The number of benzene rings is 2. The zero-order chi connectivity index (χ0) is 21.3. The molecule has 0 spiro atoms. The Morgan fingerprint density at radius 2 is 1.93 bits per heavy atom.